The monoisotopic (exact) mass is 267 g/mol. The summed E-state index contributed by atoms with van der Waals surface area (Å²) in [5.74, 6) is -0.998. The largest absolute Gasteiger partial charge is 0.392 e. The van der Waals surface area contributed by atoms with Crippen molar-refractivity contribution in [1.29, 1.82) is 0 Å². The third-order valence-corrected chi connectivity index (χ3v) is 3.51. The molecule has 0 saturated carbocycles. The smallest absolute Gasteiger partial charge is 0.243 e. The van der Waals surface area contributed by atoms with Gasteiger partial charge in [0.15, 0.2) is 5.82 Å². The lowest BCUT2D eigenvalue weighted by molar-refractivity contribution is 0.198. The lowest BCUT2D eigenvalue weighted by atomic mass is 10.3. The molecule has 0 amide bonds. The second-order valence-electron chi connectivity index (χ2n) is 3.25. The highest BCUT2D eigenvalue weighted by atomic mass is 35.5. The van der Waals surface area contributed by atoms with Crippen molar-refractivity contribution in [2.45, 2.75) is 17.9 Å². The topological polar surface area (TPSA) is 66.4 Å². The summed E-state index contributed by atoms with van der Waals surface area (Å²) in [6.07, 6.45) is -0.850. The van der Waals surface area contributed by atoms with Gasteiger partial charge in [-0.05, 0) is 19.1 Å². The van der Waals surface area contributed by atoms with E-state index in [1.807, 2.05) is 0 Å². The van der Waals surface area contributed by atoms with Gasteiger partial charge in [0.2, 0.25) is 10.0 Å². The van der Waals surface area contributed by atoms with Gasteiger partial charge in [-0.1, -0.05) is 17.7 Å². The van der Waals surface area contributed by atoms with Crippen LogP contribution in [-0.2, 0) is 10.0 Å². The van der Waals surface area contributed by atoms with Gasteiger partial charge in [0.25, 0.3) is 0 Å². The summed E-state index contributed by atoms with van der Waals surface area (Å²) in [4.78, 5) is -0.527. The summed E-state index contributed by atoms with van der Waals surface area (Å²) in [6, 6.07) is 3.69. The Kier molecular flexibility index (Phi) is 4.26. The molecule has 1 aromatic carbocycles. The molecule has 0 spiro atoms. The first-order valence-electron chi connectivity index (χ1n) is 4.46. The Morgan fingerprint density at radius 2 is 2.19 bits per heavy atom. The van der Waals surface area contributed by atoms with Gasteiger partial charge in [0.05, 0.1) is 11.1 Å². The van der Waals surface area contributed by atoms with E-state index >= 15 is 0 Å². The lowest BCUT2D eigenvalue weighted by Gasteiger charge is -2.09. The van der Waals surface area contributed by atoms with E-state index in [4.69, 9.17) is 16.7 Å². The molecule has 7 heteroatoms. The molecule has 0 aliphatic rings. The summed E-state index contributed by atoms with van der Waals surface area (Å²) < 4.78 is 38.7. The van der Waals surface area contributed by atoms with Crippen LogP contribution in [-0.4, -0.2) is 26.2 Å². The van der Waals surface area contributed by atoms with Gasteiger partial charge >= 0.3 is 0 Å². The molecule has 0 aromatic heterocycles. The SMILES string of the molecule is C[C@H](O)CNS(=O)(=O)c1cccc(Cl)c1F. The molecule has 4 nitrogen and oxygen atoms in total. The molecular formula is C9H11ClFNO3S. The molecule has 1 rings (SSSR count). The first-order chi connectivity index (χ1) is 7.34. The standard InChI is InChI=1S/C9H11ClFNO3S/c1-6(13)5-12-16(14,15)8-4-2-3-7(10)9(8)11/h2-4,6,12-13H,5H2,1H3/t6-/m0/s1. The average Bonchev–Trinajstić information content (AvgIpc) is 2.19. The molecule has 0 radical (unpaired) electrons. The predicted molar refractivity (Wildman–Crippen MR) is 58.3 cm³/mol. The zero-order chi connectivity index (χ0) is 12.3. The highest BCUT2D eigenvalue weighted by molar-refractivity contribution is 7.89. The number of hydrogen-bond donors (Lipinski definition) is 2. The van der Waals surface area contributed by atoms with E-state index in [1.165, 1.54) is 19.1 Å². The van der Waals surface area contributed by atoms with E-state index in [1.54, 1.807) is 0 Å². The van der Waals surface area contributed by atoms with Gasteiger partial charge in [-0.3, -0.25) is 0 Å². The number of aliphatic hydroxyl groups is 1. The minimum atomic E-state index is -3.98. The third kappa shape index (κ3) is 3.15. The minimum absolute atomic E-state index is 0.186. The molecule has 1 atom stereocenters. The number of halogens is 2. The van der Waals surface area contributed by atoms with Gasteiger partial charge < -0.3 is 5.11 Å². The molecule has 0 unspecified atom stereocenters. The number of nitrogens with one attached hydrogen (secondary N) is 1. The maximum absolute atomic E-state index is 13.4. The van der Waals surface area contributed by atoms with Gasteiger partial charge in [-0.25, -0.2) is 17.5 Å². The molecule has 0 aliphatic heterocycles. The lowest BCUT2D eigenvalue weighted by Crippen LogP contribution is -2.31. The Bertz CT molecular complexity index is 476. The minimum Gasteiger partial charge on any atom is -0.392 e. The van der Waals surface area contributed by atoms with Crippen LogP contribution < -0.4 is 4.72 Å². The summed E-state index contributed by atoms with van der Waals surface area (Å²) in [6.45, 7) is 1.23. The molecule has 90 valence electrons. The Morgan fingerprint density at radius 1 is 1.56 bits per heavy atom. The van der Waals surface area contributed by atoms with Gasteiger partial charge in [-0.15, -0.1) is 0 Å². The molecule has 1 aromatic rings. The van der Waals surface area contributed by atoms with Crippen molar-refractivity contribution < 1.29 is 17.9 Å². The van der Waals surface area contributed by atoms with E-state index in [0.29, 0.717) is 0 Å². The van der Waals surface area contributed by atoms with E-state index in [2.05, 4.69) is 4.72 Å². The van der Waals surface area contributed by atoms with Crippen LogP contribution in [0.4, 0.5) is 4.39 Å². The Balaban J connectivity index is 3.03. The van der Waals surface area contributed by atoms with Crippen molar-refractivity contribution in [2.75, 3.05) is 6.54 Å². The molecule has 0 fully saturated rings. The van der Waals surface area contributed by atoms with Crippen molar-refractivity contribution in [3.05, 3.63) is 29.0 Å². The van der Waals surface area contributed by atoms with Crippen LogP contribution in [0.5, 0.6) is 0 Å². The second kappa shape index (κ2) is 5.09. The zero-order valence-corrected chi connectivity index (χ0v) is 10.0. The first kappa shape index (κ1) is 13.4. The fourth-order valence-electron chi connectivity index (χ4n) is 1.000. The van der Waals surface area contributed by atoms with Crippen molar-refractivity contribution in [2.24, 2.45) is 0 Å². The molecule has 0 heterocycles. The molecule has 0 saturated heterocycles. The van der Waals surface area contributed by atoms with E-state index in [9.17, 15) is 12.8 Å². The van der Waals surface area contributed by atoms with Crippen molar-refractivity contribution >= 4 is 21.6 Å². The first-order valence-corrected chi connectivity index (χ1v) is 6.32. The fraction of sp³-hybridized carbons (Fsp3) is 0.333. The van der Waals surface area contributed by atoms with Crippen molar-refractivity contribution in [3.8, 4) is 0 Å². The average molecular weight is 268 g/mol. The quantitative estimate of drug-likeness (QED) is 0.860. The fourth-order valence-corrected chi connectivity index (χ4v) is 2.45. The van der Waals surface area contributed by atoms with Crippen LogP contribution in [0.15, 0.2) is 23.1 Å². The van der Waals surface area contributed by atoms with Crippen molar-refractivity contribution in [3.63, 3.8) is 0 Å². The maximum atomic E-state index is 13.4. The molecule has 0 aliphatic carbocycles. The summed E-state index contributed by atoms with van der Waals surface area (Å²) >= 11 is 5.47. The van der Waals surface area contributed by atoms with E-state index in [0.717, 1.165) is 6.07 Å². The third-order valence-electron chi connectivity index (χ3n) is 1.77. The molecular weight excluding hydrogens is 257 g/mol. The summed E-state index contributed by atoms with van der Waals surface area (Å²) in [5, 5.41) is 8.68. The van der Waals surface area contributed by atoms with Gasteiger partial charge in [-0.2, -0.15) is 0 Å². The highest BCUT2D eigenvalue weighted by Crippen LogP contribution is 2.21. The number of sulfonamides is 1. The highest BCUT2D eigenvalue weighted by Gasteiger charge is 2.20. The summed E-state index contributed by atoms with van der Waals surface area (Å²) in [7, 11) is -3.98. The number of aliphatic hydroxyl groups excluding tert-OH is 1. The second-order valence-corrected chi connectivity index (χ2v) is 5.40. The van der Waals surface area contributed by atoms with Crippen LogP contribution in [0.2, 0.25) is 5.02 Å². The van der Waals surface area contributed by atoms with Crippen LogP contribution in [0, 0.1) is 5.82 Å². The zero-order valence-electron chi connectivity index (χ0n) is 8.44. The Hall–Kier alpha value is -0.690. The summed E-state index contributed by atoms with van der Waals surface area (Å²) in [5.41, 5.74) is 0. The van der Waals surface area contributed by atoms with Crippen LogP contribution in [0.3, 0.4) is 0 Å². The van der Waals surface area contributed by atoms with E-state index < -0.39 is 26.8 Å². The van der Waals surface area contributed by atoms with Crippen LogP contribution >= 0.6 is 11.6 Å². The Morgan fingerprint density at radius 3 is 2.75 bits per heavy atom. The molecule has 0 bridgehead atoms. The normalized spacial score (nSPS) is 13.8. The van der Waals surface area contributed by atoms with Crippen LogP contribution in [0.25, 0.3) is 0 Å². The maximum Gasteiger partial charge on any atom is 0.243 e. The predicted octanol–water partition coefficient (Wildman–Crippen LogP) is 1.14. The number of rotatable bonds is 4. The molecule has 2 N–H and O–H groups in total. The Labute approximate surface area is 98.1 Å². The van der Waals surface area contributed by atoms with Crippen LogP contribution in [0.1, 0.15) is 6.92 Å². The number of hydrogen-bond acceptors (Lipinski definition) is 3. The molecule has 16 heavy (non-hydrogen) atoms. The van der Waals surface area contributed by atoms with Crippen molar-refractivity contribution in [1.82, 2.24) is 4.72 Å². The van der Waals surface area contributed by atoms with E-state index in [-0.39, 0.29) is 11.6 Å². The van der Waals surface area contributed by atoms with Gasteiger partial charge in [0, 0.05) is 6.54 Å². The van der Waals surface area contributed by atoms with Gasteiger partial charge in [0.1, 0.15) is 4.90 Å². The number of benzene rings is 1.